The van der Waals surface area contributed by atoms with Gasteiger partial charge in [-0.25, -0.2) is 4.79 Å². The second kappa shape index (κ2) is 8.11. The van der Waals surface area contributed by atoms with Crippen molar-refractivity contribution in [1.29, 1.82) is 0 Å². The summed E-state index contributed by atoms with van der Waals surface area (Å²) in [4.78, 5) is 11.5. The van der Waals surface area contributed by atoms with Crippen LogP contribution in [0, 0.1) is 19.3 Å². The van der Waals surface area contributed by atoms with Gasteiger partial charge >= 0.3 is 6.09 Å². The monoisotopic (exact) mass is 275 g/mol. The van der Waals surface area contributed by atoms with Gasteiger partial charge in [0, 0.05) is 5.69 Å². The van der Waals surface area contributed by atoms with Gasteiger partial charge in [-0.05, 0) is 43.0 Å². The van der Waals surface area contributed by atoms with Crippen LogP contribution in [0.5, 0.6) is 5.75 Å². The van der Waals surface area contributed by atoms with Crippen LogP contribution in [0.15, 0.2) is 12.1 Å². The van der Waals surface area contributed by atoms with E-state index in [4.69, 9.17) is 15.9 Å². The molecular weight excluding hydrogens is 254 g/mol. The van der Waals surface area contributed by atoms with Crippen molar-refractivity contribution < 1.29 is 14.3 Å². The van der Waals surface area contributed by atoms with Crippen molar-refractivity contribution in [3.63, 3.8) is 0 Å². The number of hydrogen-bond donors (Lipinski definition) is 1. The van der Waals surface area contributed by atoms with E-state index in [0.717, 1.165) is 29.7 Å². The molecule has 0 atom stereocenters. The van der Waals surface area contributed by atoms with E-state index in [9.17, 15) is 4.79 Å². The van der Waals surface area contributed by atoms with Crippen molar-refractivity contribution in [2.45, 2.75) is 33.6 Å². The van der Waals surface area contributed by atoms with Gasteiger partial charge in [-0.2, -0.15) is 0 Å². The summed E-state index contributed by atoms with van der Waals surface area (Å²) >= 11 is 0. The fourth-order valence-electron chi connectivity index (χ4n) is 1.85. The fourth-order valence-corrected chi connectivity index (χ4v) is 1.85. The van der Waals surface area contributed by atoms with Crippen LogP contribution in [0.1, 0.15) is 31.4 Å². The number of carbonyl (C=O) groups excluding carboxylic acids is 1. The molecule has 0 spiro atoms. The van der Waals surface area contributed by atoms with Gasteiger partial charge in [0.05, 0.1) is 6.61 Å². The average molecular weight is 275 g/mol. The Hall–Kier alpha value is -2.15. The minimum atomic E-state index is -0.549. The summed E-state index contributed by atoms with van der Waals surface area (Å²) in [5, 5.41) is 2.66. The van der Waals surface area contributed by atoms with E-state index in [1.165, 1.54) is 0 Å². The quantitative estimate of drug-likeness (QED) is 0.808. The highest BCUT2D eigenvalue weighted by Crippen LogP contribution is 2.28. The van der Waals surface area contributed by atoms with Crippen LogP contribution in [0.25, 0.3) is 0 Å². The van der Waals surface area contributed by atoms with Gasteiger partial charge in [0.25, 0.3) is 0 Å². The number of terminal acetylenes is 1. The van der Waals surface area contributed by atoms with Crippen LogP contribution >= 0.6 is 0 Å². The summed E-state index contributed by atoms with van der Waals surface area (Å²) < 4.78 is 10.5. The third kappa shape index (κ3) is 4.51. The second-order valence-corrected chi connectivity index (χ2v) is 4.39. The van der Waals surface area contributed by atoms with Crippen molar-refractivity contribution in [3.05, 3.63) is 23.3 Å². The van der Waals surface area contributed by atoms with Crippen molar-refractivity contribution in [2.75, 3.05) is 18.5 Å². The highest BCUT2D eigenvalue weighted by Gasteiger charge is 2.10. The largest absolute Gasteiger partial charge is 0.493 e. The van der Waals surface area contributed by atoms with Gasteiger partial charge in [0.15, 0.2) is 6.61 Å². The van der Waals surface area contributed by atoms with E-state index >= 15 is 0 Å². The van der Waals surface area contributed by atoms with E-state index in [0.29, 0.717) is 12.3 Å². The number of benzene rings is 1. The predicted molar refractivity (Wildman–Crippen MR) is 80.1 cm³/mol. The number of hydrogen-bond acceptors (Lipinski definition) is 3. The zero-order chi connectivity index (χ0) is 15.0. The molecule has 0 fully saturated rings. The van der Waals surface area contributed by atoms with E-state index in [2.05, 4.69) is 18.2 Å². The molecule has 0 unspecified atom stereocenters. The Bertz CT molecular complexity index is 503. The number of anilines is 1. The zero-order valence-corrected chi connectivity index (χ0v) is 12.3. The first kappa shape index (κ1) is 15.9. The van der Waals surface area contributed by atoms with Crippen LogP contribution in [0.2, 0.25) is 0 Å². The van der Waals surface area contributed by atoms with Gasteiger partial charge in [0.2, 0.25) is 0 Å². The normalized spacial score (nSPS) is 9.70. The first-order chi connectivity index (χ1) is 9.62. The molecule has 1 amide bonds. The molecule has 1 rings (SSSR count). The van der Waals surface area contributed by atoms with Crippen LogP contribution in [0.3, 0.4) is 0 Å². The minimum Gasteiger partial charge on any atom is -0.493 e. The summed E-state index contributed by atoms with van der Waals surface area (Å²) in [6.07, 6.45) is 6.27. The fraction of sp³-hybridized carbons (Fsp3) is 0.438. The molecule has 0 aliphatic carbocycles. The molecule has 4 nitrogen and oxygen atoms in total. The number of rotatable bonds is 6. The van der Waals surface area contributed by atoms with E-state index < -0.39 is 6.09 Å². The number of carbonyl (C=O) groups is 1. The maximum Gasteiger partial charge on any atom is 0.412 e. The Balaban J connectivity index is 2.87. The molecule has 0 saturated carbocycles. The van der Waals surface area contributed by atoms with Crippen LogP contribution in [0.4, 0.5) is 10.5 Å². The van der Waals surface area contributed by atoms with E-state index in [1.807, 2.05) is 26.0 Å². The topological polar surface area (TPSA) is 47.6 Å². The van der Waals surface area contributed by atoms with Crippen molar-refractivity contribution in [1.82, 2.24) is 0 Å². The van der Waals surface area contributed by atoms with Gasteiger partial charge < -0.3 is 9.47 Å². The third-order valence-electron chi connectivity index (χ3n) is 2.72. The molecule has 0 aliphatic heterocycles. The predicted octanol–water partition coefficient (Wildman–Crippen LogP) is 3.53. The zero-order valence-electron chi connectivity index (χ0n) is 12.3. The smallest absolute Gasteiger partial charge is 0.412 e. The molecule has 0 saturated heterocycles. The highest BCUT2D eigenvalue weighted by atomic mass is 16.5. The Kier molecular flexibility index (Phi) is 6.45. The lowest BCUT2D eigenvalue weighted by Crippen LogP contribution is -2.14. The number of aryl methyl sites for hydroxylation is 2. The molecule has 0 aromatic heterocycles. The third-order valence-corrected chi connectivity index (χ3v) is 2.72. The number of nitrogens with one attached hydrogen (secondary N) is 1. The lowest BCUT2D eigenvalue weighted by molar-refractivity contribution is 0.176. The molecule has 1 N–H and O–H groups in total. The Labute approximate surface area is 120 Å². The first-order valence-electron chi connectivity index (χ1n) is 6.75. The van der Waals surface area contributed by atoms with Crippen LogP contribution in [-0.4, -0.2) is 19.3 Å². The Morgan fingerprint density at radius 2 is 2.15 bits per heavy atom. The van der Waals surface area contributed by atoms with E-state index in [1.54, 1.807) is 0 Å². The number of ether oxygens (including phenoxy) is 2. The first-order valence-corrected chi connectivity index (χ1v) is 6.75. The van der Waals surface area contributed by atoms with E-state index in [-0.39, 0.29) is 6.61 Å². The van der Waals surface area contributed by atoms with Crippen molar-refractivity contribution in [2.24, 2.45) is 0 Å². The molecule has 0 bridgehead atoms. The molecule has 108 valence electrons. The molecule has 0 heterocycles. The summed E-state index contributed by atoms with van der Waals surface area (Å²) in [7, 11) is 0. The van der Waals surface area contributed by atoms with Gasteiger partial charge in [-0.3, -0.25) is 5.32 Å². The standard InChI is InChI=1S/C16H21NO3/c1-5-8-19-15-12(4)10-14(11-13(15)7-3)17-16(18)20-9-6-2/h2,10-11H,5,7-9H2,1,3-4H3,(H,17,18). The SMILES string of the molecule is C#CCOC(=O)Nc1cc(C)c(OCCC)c(CC)c1. The summed E-state index contributed by atoms with van der Waals surface area (Å²) in [6.45, 7) is 6.72. The Morgan fingerprint density at radius 1 is 1.40 bits per heavy atom. The Morgan fingerprint density at radius 3 is 2.75 bits per heavy atom. The van der Waals surface area contributed by atoms with Crippen molar-refractivity contribution in [3.8, 4) is 18.1 Å². The molecule has 1 aromatic carbocycles. The molecule has 1 aromatic rings. The average Bonchev–Trinajstić information content (AvgIpc) is 2.43. The maximum absolute atomic E-state index is 11.5. The lowest BCUT2D eigenvalue weighted by Gasteiger charge is -2.15. The minimum absolute atomic E-state index is 0.0385. The van der Waals surface area contributed by atoms with Gasteiger partial charge in [-0.15, -0.1) is 6.42 Å². The molecular formula is C16H21NO3. The number of amides is 1. The molecule has 20 heavy (non-hydrogen) atoms. The summed E-state index contributed by atoms with van der Waals surface area (Å²) in [5.74, 6) is 3.15. The lowest BCUT2D eigenvalue weighted by atomic mass is 10.1. The van der Waals surface area contributed by atoms with Crippen LogP contribution < -0.4 is 10.1 Å². The highest BCUT2D eigenvalue weighted by molar-refractivity contribution is 5.85. The van der Waals surface area contributed by atoms with Gasteiger partial charge in [0.1, 0.15) is 5.75 Å². The van der Waals surface area contributed by atoms with Crippen molar-refractivity contribution >= 4 is 11.8 Å². The summed E-state index contributed by atoms with van der Waals surface area (Å²) in [6, 6.07) is 3.76. The maximum atomic E-state index is 11.5. The second-order valence-electron chi connectivity index (χ2n) is 4.39. The molecule has 0 radical (unpaired) electrons. The molecule has 0 aliphatic rings. The van der Waals surface area contributed by atoms with Gasteiger partial charge in [-0.1, -0.05) is 19.8 Å². The van der Waals surface area contributed by atoms with Crippen LogP contribution in [-0.2, 0) is 11.2 Å². The summed E-state index contributed by atoms with van der Waals surface area (Å²) in [5.41, 5.74) is 2.74. The molecule has 4 heteroatoms.